The second-order valence-corrected chi connectivity index (χ2v) is 5.71. The number of aromatic nitrogens is 4. The summed E-state index contributed by atoms with van der Waals surface area (Å²) in [7, 11) is 0. The SMILES string of the molecule is Cc1cncc(N2CCCc3oc(-c4ncccn4)nc3C2)c1. The summed E-state index contributed by atoms with van der Waals surface area (Å²) in [5.41, 5.74) is 3.25. The van der Waals surface area contributed by atoms with Crippen LogP contribution in [0.5, 0.6) is 0 Å². The monoisotopic (exact) mass is 307 g/mol. The number of pyridine rings is 1. The Balaban J connectivity index is 1.65. The van der Waals surface area contributed by atoms with E-state index in [4.69, 9.17) is 4.42 Å². The van der Waals surface area contributed by atoms with Crippen LogP contribution in [0.25, 0.3) is 11.7 Å². The molecule has 0 bridgehead atoms. The van der Waals surface area contributed by atoms with Gasteiger partial charge in [0.05, 0.1) is 18.4 Å². The lowest BCUT2D eigenvalue weighted by molar-refractivity contribution is 0.509. The molecular formula is C17H17N5O. The van der Waals surface area contributed by atoms with Gasteiger partial charge in [-0.05, 0) is 31.0 Å². The van der Waals surface area contributed by atoms with Gasteiger partial charge in [-0.15, -0.1) is 0 Å². The first-order valence-corrected chi connectivity index (χ1v) is 7.72. The van der Waals surface area contributed by atoms with E-state index in [1.165, 1.54) is 0 Å². The van der Waals surface area contributed by atoms with Crippen LogP contribution in [0.3, 0.4) is 0 Å². The molecule has 0 saturated heterocycles. The third-order valence-corrected chi connectivity index (χ3v) is 3.93. The zero-order chi connectivity index (χ0) is 15.6. The first-order chi connectivity index (χ1) is 11.3. The van der Waals surface area contributed by atoms with Gasteiger partial charge in [-0.2, -0.15) is 0 Å². The average molecular weight is 307 g/mol. The summed E-state index contributed by atoms with van der Waals surface area (Å²) >= 11 is 0. The molecule has 1 aliphatic rings. The number of oxazole rings is 1. The Hall–Kier alpha value is -2.76. The molecule has 0 amide bonds. The van der Waals surface area contributed by atoms with Crippen LogP contribution >= 0.6 is 0 Å². The highest BCUT2D eigenvalue weighted by molar-refractivity contribution is 5.48. The third kappa shape index (κ3) is 2.79. The van der Waals surface area contributed by atoms with Crippen molar-refractivity contribution in [1.29, 1.82) is 0 Å². The summed E-state index contributed by atoms with van der Waals surface area (Å²) in [6, 6.07) is 3.93. The minimum Gasteiger partial charge on any atom is -0.438 e. The molecule has 0 atom stereocenters. The molecule has 4 rings (SSSR count). The summed E-state index contributed by atoms with van der Waals surface area (Å²) in [5, 5.41) is 0. The lowest BCUT2D eigenvalue weighted by Crippen LogP contribution is -2.23. The van der Waals surface area contributed by atoms with Gasteiger partial charge in [0.15, 0.2) is 0 Å². The van der Waals surface area contributed by atoms with Gasteiger partial charge in [-0.1, -0.05) is 0 Å². The number of anilines is 1. The Bertz CT molecular complexity index is 815. The van der Waals surface area contributed by atoms with Crippen molar-refractivity contribution in [1.82, 2.24) is 19.9 Å². The molecule has 0 saturated carbocycles. The Morgan fingerprint density at radius 2 is 2.04 bits per heavy atom. The normalized spacial score (nSPS) is 14.4. The summed E-state index contributed by atoms with van der Waals surface area (Å²) < 4.78 is 5.90. The third-order valence-electron chi connectivity index (χ3n) is 3.93. The van der Waals surface area contributed by atoms with Gasteiger partial charge in [0.2, 0.25) is 5.82 Å². The summed E-state index contributed by atoms with van der Waals surface area (Å²) in [4.78, 5) is 19.6. The van der Waals surface area contributed by atoms with Gasteiger partial charge in [-0.3, -0.25) is 4.98 Å². The van der Waals surface area contributed by atoms with Crippen LogP contribution < -0.4 is 4.90 Å². The molecule has 3 aromatic rings. The van der Waals surface area contributed by atoms with Crippen LogP contribution in [0.2, 0.25) is 0 Å². The molecule has 1 aliphatic heterocycles. The zero-order valence-electron chi connectivity index (χ0n) is 12.9. The first kappa shape index (κ1) is 13.9. The topological polar surface area (TPSA) is 67.9 Å². The van der Waals surface area contributed by atoms with E-state index in [9.17, 15) is 0 Å². The maximum absolute atomic E-state index is 5.90. The highest BCUT2D eigenvalue weighted by Crippen LogP contribution is 2.26. The fourth-order valence-corrected chi connectivity index (χ4v) is 2.83. The van der Waals surface area contributed by atoms with Crippen molar-refractivity contribution in [2.45, 2.75) is 26.3 Å². The Labute approximate surface area is 134 Å². The summed E-state index contributed by atoms with van der Waals surface area (Å²) in [5.74, 6) is 1.97. The van der Waals surface area contributed by atoms with Gasteiger partial charge >= 0.3 is 0 Å². The van der Waals surface area contributed by atoms with Gasteiger partial charge < -0.3 is 9.32 Å². The van der Waals surface area contributed by atoms with Crippen LogP contribution in [0, 0.1) is 6.92 Å². The summed E-state index contributed by atoms with van der Waals surface area (Å²) in [6.07, 6.45) is 9.06. The molecule has 0 aliphatic carbocycles. The molecular weight excluding hydrogens is 290 g/mol. The van der Waals surface area contributed by atoms with Gasteiger partial charge in [0.25, 0.3) is 5.89 Å². The predicted molar refractivity (Wildman–Crippen MR) is 85.9 cm³/mol. The van der Waals surface area contributed by atoms with Crippen molar-refractivity contribution in [2.75, 3.05) is 11.4 Å². The molecule has 6 heteroatoms. The Morgan fingerprint density at radius 3 is 2.87 bits per heavy atom. The lowest BCUT2D eigenvalue weighted by atomic mass is 10.2. The maximum atomic E-state index is 5.90. The second kappa shape index (κ2) is 5.79. The molecule has 0 N–H and O–H groups in total. The van der Waals surface area contributed by atoms with Crippen LogP contribution in [0.1, 0.15) is 23.4 Å². The fraction of sp³-hybridized carbons (Fsp3) is 0.294. The lowest BCUT2D eigenvalue weighted by Gasteiger charge is -2.22. The minimum atomic E-state index is 0.500. The molecule has 3 aromatic heterocycles. The highest BCUT2D eigenvalue weighted by atomic mass is 16.4. The Morgan fingerprint density at radius 1 is 1.17 bits per heavy atom. The van der Waals surface area contributed by atoms with E-state index in [0.717, 1.165) is 48.6 Å². The van der Waals surface area contributed by atoms with Crippen molar-refractivity contribution in [3.05, 3.63) is 53.9 Å². The number of hydrogen-bond acceptors (Lipinski definition) is 6. The molecule has 0 radical (unpaired) electrons. The van der Waals surface area contributed by atoms with Gasteiger partial charge in [0.1, 0.15) is 11.5 Å². The molecule has 0 spiro atoms. The van der Waals surface area contributed by atoms with Crippen LogP contribution in [-0.4, -0.2) is 26.5 Å². The largest absolute Gasteiger partial charge is 0.438 e. The minimum absolute atomic E-state index is 0.500. The van der Waals surface area contributed by atoms with E-state index < -0.39 is 0 Å². The van der Waals surface area contributed by atoms with Crippen LogP contribution in [0.4, 0.5) is 5.69 Å². The predicted octanol–water partition coefficient (Wildman–Crippen LogP) is 2.79. The number of fused-ring (bicyclic) bond motifs is 1. The molecule has 4 heterocycles. The fourth-order valence-electron chi connectivity index (χ4n) is 2.83. The van der Waals surface area contributed by atoms with Crippen LogP contribution in [0.15, 0.2) is 41.3 Å². The molecule has 116 valence electrons. The van der Waals surface area contributed by atoms with Crippen molar-refractivity contribution < 1.29 is 4.42 Å². The number of aryl methyl sites for hydroxylation is 2. The van der Waals surface area contributed by atoms with Gasteiger partial charge in [-0.25, -0.2) is 15.0 Å². The molecule has 0 unspecified atom stereocenters. The molecule has 0 fully saturated rings. The molecule has 6 nitrogen and oxygen atoms in total. The second-order valence-electron chi connectivity index (χ2n) is 5.71. The van der Waals surface area contributed by atoms with E-state index in [1.807, 2.05) is 12.4 Å². The number of hydrogen-bond donors (Lipinski definition) is 0. The van der Waals surface area contributed by atoms with E-state index in [2.05, 4.69) is 37.8 Å². The van der Waals surface area contributed by atoms with E-state index >= 15 is 0 Å². The number of rotatable bonds is 2. The first-order valence-electron chi connectivity index (χ1n) is 7.72. The molecule has 0 aromatic carbocycles. The van der Waals surface area contributed by atoms with Crippen molar-refractivity contribution in [3.8, 4) is 11.7 Å². The Kier molecular flexibility index (Phi) is 3.49. The zero-order valence-corrected chi connectivity index (χ0v) is 12.9. The molecule has 23 heavy (non-hydrogen) atoms. The van der Waals surface area contributed by atoms with E-state index in [0.29, 0.717) is 11.7 Å². The summed E-state index contributed by atoms with van der Waals surface area (Å²) in [6.45, 7) is 3.74. The standard InChI is InChI=1S/C17H17N5O/c1-12-8-13(10-18-9-12)22-7-2-4-15-14(11-22)21-17(23-15)16-19-5-3-6-20-16/h3,5-6,8-10H,2,4,7,11H2,1H3. The average Bonchev–Trinajstić information content (AvgIpc) is 2.87. The van der Waals surface area contributed by atoms with Crippen molar-refractivity contribution >= 4 is 5.69 Å². The van der Waals surface area contributed by atoms with Crippen molar-refractivity contribution in [3.63, 3.8) is 0 Å². The smallest absolute Gasteiger partial charge is 0.265 e. The van der Waals surface area contributed by atoms with E-state index in [1.54, 1.807) is 18.5 Å². The van der Waals surface area contributed by atoms with Crippen LogP contribution in [-0.2, 0) is 13.0 Å². The van der Waals surface area contributed by atoms with E-state index in [-0.39, 0.29) is 0 Å². The van der Waals surface area contributed by atoms with Crippen molar-refractivity contribution in [2.24, 2.45) is 0 Å². The quantitative estimate of drug-likeness (QED) is 0.725. The van der Waals surface area contributed by atoms with Gasteiger partial charge in [0, 0.05) is 31.6 Å². The highest BCUT2D eigenvalue weighted by Gasteiger charge is 2.22. The number of nitrogens with zero attached hydrogens (tertiary/aromatic N) is 5. The maximum Gasteiger partial charge on any atom is 0.265 e.